The predicted octanol–water partition coefficient (Wildman–Crippen LogP) is 3.18. The Morgan fingerprint density at radius 2 is 2.12 bits per heavy atom. The summed E-state index contributed by atoms with van der Waals surface area (Å²) in [5, 5.41) is 11.1. The van der Waals surface area contributed by atoms with Crippen molar-refractivity contribution in [3.05, 3.63) is 60.0 Å². The van der Waals surface area contributed by atoms with Crippen molar-refractivity contribution >= 4 is 11.6 Å². The Balaban J connectivity index is 1.54. The number of anilines is 1. The van der Waals surface area contributed by atoms with E-state index in [0.717, 1.165) is 11.3 Å². The molecule has 3 rings (SSSR count). The molecule has 1 amide bonds. The molecule has 0 aliphatic heterocycles. The number of rotatable bonds is 6. The number of hydrogen-bond donors (Lipinski definition) is 1. The Labute approximate surface area is 152 Å². The van der Waals surface area contributed by atoms with Crippen molar-refractivity contribution in [1.29, 1.82) is 0 Å². The lowest BCUT2D eigenvalue weighted by Crippen LogP contribution is -2.14. The second kappa shape index (κ2) is 7.51. The molecule has 0 saturated heterocycles. The number of aryl methyl sites for hydroxylation is 1. The molecule has 0 fully saturated rings. The molecule has 0 aliphatic rings. The van der Waals surface area contributed by atoms with Crippen LogP contribution in [-0.2, 0) is 23.2 Å². The molecule has 3 aromatic rings. The van der Waals surface area contributed by atoms with Crippen LogP contribution in [0, 0.1) is 0 Å². The van der Waals surface area contributed by atoms with Crippen molar-refractivity contribution < 1.29 is 9.32 Å². The summed E-state index contributed by atoms with van der Waals surface area (Å²) < 4.78 is 7.06. The Kier molecular flexibility index (Phi) is 5.16. The minimum absolute atomic E-state index is 0.0863. The van der Waals surface area contributed by atoms with Gasteiger partial charge in [-0.1, -0.05) is 38.1 Å². The van der Waals surface area contributed by atoms with E-state index in [9.17, 15) is 4.79 Å². The fourth-order valence-corrected chi connectivity index (χ4v) is 2.43. The molecule has 2 heterocycles. The average molecular weight is 353 g/mol. The monoisotopic (exact) mass is 353 g/mol. The molecule has 0 aliphatic carbocycles. The van der Waals surface area contributed by atoms with Gasteiger partial charge in [0.25, 0.3) is 0 Å². The number of hydrogen-bond acceptors (Lipinski definition) is 5. The van der Waals surface area contributed by atoms with Gasteiger partial charge in [0, 0.05) is 36.3 Å². The molecule has 136 valence electrons. The van der Waals surface area contributed by atoms with Gasteiger partial charge in [-0.05, 0) is 23.8 Å². The molecule has 0 unspecified atom stereocenters. The van der Waals surface area contributed by atoms with Crippen LogP contribution in [0.25, 0.3) is 0 Å². The summed E-state index contributed by atoms with van der Waals surface area (Å²) in [5.74, 6) is 1.05. The van der Waals surface area contributed by atoms with Gasteiger partial charge in [0.1, 0.15) is 0 Å². The molecule has 0 saturated carbocycles. The van der Waals surface area contributed by atoms with Crippen LogP contribution in [0.5, 0.6) is 0 Å². The smallest absolute Gasteiger partial charge is 0.227 e. The fraction of sp³-hybridized carbons (Fsp3) is 0.368. The summed E-state index contributed by atoms with van der Waals surface area (Å²) in [6.45, 7) is 6.72. The first-order valence-corrected chi connectivity index (χ1v) is 8.59. The van der Waals surface area contributed by atoms with Crippen molar-refractivity contribution in [2.45, 2.75) is 45.6 Å². The molecule has 0 bridgehead atoms. The summed E-state index contributed by atoms with van der Waals surface area (Å²) >= 11 is 0. The third-order valence-corrected chi connectivity index (χ3v) is 3.82. The van der Waals surface area contributed by atoms with E-state index in [-0.39, 0.29) is 17.7 Å². The van der Waals surface area contributed by atoms with Crippen LogP contribution < -0.4 is 5.32 Å². The van der Waals surface area contributed by atoms with E-state index in [1.807, 2.05) is 62.0 Å². The van der Waals surface area contributed by atoms with Crippen molar-refractivity contribution in [1.82, 2.24) is 19.9 Å². The fourth-order valence-electron chi connectivity index (χ4n) is 2.43. The van der Waals surface area contributed by atoms with Gasteiger partial charge in [0.2, 0.25) is 11.8 Å². The van der Waals surface area contributed by atoms with Crippen LogP contribution in [-0.4, -0.2) is 25.8 Å². The zero-order valence-electron chi connectivity index (χ0n) is 15.3. The van der Waals surface area contributed by atoms with Gasteiger partial charge in [-0.3, -0.25) is 9.48 Å². The molecule has 7 heteroatoms. The van der Waals surface area contributed by atoms with Crippen LogP contribution in [0.2, 0.25) is 0 Å². The maximum atomic E-state index is 12.2. The minimum Gasteiger partial charge on any atom is -0.339 e. The normalized spacial score (nSPS) is 11.5. The van der Waals surface area contributed by atoms with Crippen molar-refractivity contribution in [3.8, 4) is 0 Å². The number of carbonyl (C=O) groups excluding carboxylic acids is 1. The van der Waals surface area contributed by atoms with Gasteiger partial charge < -0.3 is 9.84 Å². The van der Waals surface area contributed by atoms with Crippen molar-refractivity contribution in [3.63, 3.8) is 0 Å². The van der Waals surface area contributed by atoms with E-state index >= 15 is 0 Å². The molecule has 26 heavy (non-hydrogen) atoms. The highest BCUT2D eigenvalue weighted by atomic mass is 16.5. The van der Waals surface area contributed by atoms with E-state index in [2.05, 4.69) is 20.6 Å². The van der Waals surface area contributed by atoms with E-state index in [0.29, 0.717) is 24.7 Å². The summed E-state index contributed by atoms with van der Waals surface area (Å²) in [6, 6.07) is 9.62. The van der Waals surface area contributed by atoms with Crippen molar-refractivity contribution in [2.75, 3.05) is 5.32 Å². The third kappa shape index (κ3) is 4.78. The van der Waals surface area contributed by atoms with Crippen molar-refractivity contribution in [2.24, 2.45) is 0 Å². The molecular weight excluding hydrogens is 330 g/mol. The topological polar surface area (TPSA) is 85.8 Å². The highest BCUT2D eigenvalue weighted by Crippen LogP contribution is 2.19. The standard InChI is InChI=1S/C19H23N5O2/c1-19(2,3)18-22-17(26-23-18)9-8-16(25)21-15-7-4-6-14(12-15)13-24-11-5-10-20-24/h4-7,10-12H,8-9,13H2,1-3H3,(H,21,25). The van der Waals surface area contributed by atoms with Crippen LogP contribution in [0.3, 0.4) is 0 Å². The van der Waals surface area contributed by atoms with Crippen LogP contribution in [0.15, 0.2) is 47.2 Å². The summed E-state index contributed by atoms with van der Waals surface area (Å²) in [7, 11) is 0. The molecule has 0 spiro atoms. The molecule has 1 aromatic carbocycles. The van der Waals surface area contributed by atoms with E-state index in [4.69, 9.17) is 4.52 Å². The lowest BCUT2D eigenvalue weighted by molar-refractivity contribution is -0.116. The van der Waals surface area contributed by atoms with Gasteiger partial charge in [-0.15, -0.1) is 0 Å². The molecule has 1 N–H and O–H groups in total. The number of nitrogens with zero attached hydrogens (tertiary/aromatic N) is 4. The number of amides is 1. The SMILES string of the molecule is CC(C)(C)c1noc(CCC(=O)Nc2cccc(Cn3cccn3)c2)n1. The first kappa shape index (κ1) is 17.8. The van der Waals surface area contributed by atoms with E-state index in [1.165, 1.54) is 0 Å². The number of benzene rings is 1. The highest BCUT2D eigenvalue weighted by Gasteiger charge is 2.21. The maximum absolute atomic E-state index is 12.2. The quantitative estimate of drug-likeness (QED) is 0.735. The lowest BCUT2D eigenvalue weighted by Gasteiger charge is -2.10. The predicted molar refractivity (Wildman–Crippen MR) is 97.7 cm³/mol. The zero-order valence-corrected chi connectivity index (χ0v) is 15.3. The summed E-state index contributed by atoms with van der Waals surface area (Å²) in [6.07, 6.45) is 4.35. The van der Waals surface area contributed by atoms with Gasteiger partial charge in [0.05, 0.1) is 6.54 Å². The molecule has 7 nitrogen and oxygen atoms in total. The Hall–Kier alpha value is -2.96. The van der Waals surface area contributed by atoms with Crippen LogP contribution in [0.4, 0.5) is 5.69 Å². The van der Waals surface area contributed by atoms with Gasteiger partial charge in [0.15, 0.2) is 5.82 Å². The second-order valence-electron chi connectivity index (χ2n) is 7.21. The zero-order chi connectivity index (χ0) is 18.6. The molecule has 0 radical (unpaired) electrons. The van der Waals surface area contributed by atoms with E-state index in [1.54, 1.807) is 6.20 Å². The third-order valence-electron chi connectivity index (χ3n) is 3.82. The number of aromatic nitrogens is 4. The molecule has 2 aromatic heterocycles. The lowest BCUT2D eigenvalue weighted by atomic mass is 9.96. The van der Waals surface area contributed by atoms with Gasteiger partial charge in [-0.2, -0.15) is 10.1 Å². The average Bonchev–Trinajstić information content (AvgIpc) is 3.24. The Bertz CT molecular complexity index is 862. The first-order valence-electron chi connectivity index (χ1n) is 8.59. The molecule has 0 atom stereocenters. The summed E-state index contributed by atoms with van der Waals surface area (Å²) in [4.78, 5) is 16.5. The largest absolute Gasteiger partial charge is 0.339 e. The van der Waals surface area contributed by atoms with E-state index < -0.39 is 0 Å². The van der Waals surface area contributed by atoms with Gasteiger partial charge >= 0.3 is 0 Å². The number of carbonyl (C=O) groups is 1. The first-order chi connectivity index (χ1) is 12.4. The Morgan fingerprint density at radius 1 is 1.27 bits per heavy atom. The number of nitrogens with one attached hydrogen (secondary N) is 1. The minimum atomic E-state index is -0.168. The summed E-state index contributed by atoms with van der Waals surface area (Å²) in [5.41, 5.74) is 1.66. The Morgan fingerprint density at radius 3 is 2.81 bits per heavy atom. The van der Waals surface area contributed by atoms with Gasteiger partial charge in [-0.25, -0.2) is 0 Å². The second-order valence-corrected chi connectivity index (χ2v) is 7.21. The van der Waals surface area contributed by atoms with Crippen LogP contribution >= 0.6 is 0 Å². The highest BCUT2D eigenvalue weighted by molar-refractivity contribution is 5.90. The van der Waals surface area contributed by atoms with Crippen LogP contribution in [0.1, 0.15) is 44.5 Å². The maximum Gasteiger partial charge on any atom is 0.227 e. The molecular formula is C19H23N5O2.